The Kier molecular flexibility index (Phi) is 124. The van der Waals surface area contributed by atoms with Gasteiger partial charge in [0.25, 0.3) is 0 Å². The Morgan fingerprint density at radius 3 is 1.00 bits per heavy atom. The first-order chi connectivity index (χ1) is 0. The molecule has 0 saturated carbocycles. The summed E-state index contributed by atoms with van der Waals surface area (Å²) in [7, 11) is 0. The summed E-state index contributed by atoms with van der Waals surface area (Å²) in [6.07, 6.45) is 0. The maximum atomic E-state index is 0. The van der Waals surface area contributed by atoms with Crippen LogP contribution in [0.2, 0.25) is 0 Å². The van der Waals surface area contributed by atoms with Crippen molar-refractivity contribution in [3.63, 3.8) is 0 Å². The maximum Gasteiger partial charge on any atom is 0 e. The van der Waals surface area contributed by atoms with Crippen molar-refractivity contribution in [3.8, 4) is 0 Å². The molecular formula is AsFePbSb. The van der Waals surface area contributed by atoms with Gasteiger partial charge in [0.2, 0.25) is 0 Å². The summed E-state index contributed by atoms with van der Waals surface area (Å²) in [4.78, 5) is 0. The van der Waals surface area contributed by atoms with Crippen LogP contribution >= 0.6 is 0 Å². The van der Waals surface area contributed by atoms with Crippen molar-refractivity contribution in [1.29, 1.82) is 0 Å². The Labute approximate surface area is 85.3 Å². The summed E-state index contributed by atoms with van der Waals surface area (Å²) in [6.45, 7) is 0. The van der Waals surface area contributed by atoms with Gasteiger partial charge in [0.05, 0.1) is 0 Å². The van der Waals surface area contributed by atoms with Gasteiger partial charge in [0.15, 0.2) is 0 Å². The van der Waals surface area contributed by atoms with Gasteiger partial charge in [-0.1, -0.05) is 0 Å². The molecule has 0 aliphatic carbocycles. The molecule has 0 unspecified atom stereocenters. The number of hydrogen-bond acceptors (Lipinski definition) is 0. The SMILES string of the molecule is [As].[Fe].[Pb].[Sb]. The van der Waals surface area contributed by atoms with Crippen LogP contribution in [0.4, 0.5) is 0 Å². The van der Waals surface area contributed by atoms with E-state index in [0.29, 0.717) is 0 Å². The second-order valence-electron chi connectivity index (χ2n) is 0. The first-order valence-electron chi connectivity index (χ1n) is 0. The van der Waals surface area contributed by atoms with E-state index in [9.17, 15) is 0 Å². The predicted octanol–water partition coefficient (Wildman–Crippen LogP) is -1.14. The minimum Gasteiger partial charge on any atom is 0 e. The smallest absolute Gasteiger partial charge is 0 e. The number of hydrogen-bond donors (Lipinski definition) is 0. The molecule has 0 aliphatic heterocycles. The Hall–Kier alpha value is 2.82. The molecule has 0 saturated heterocycles. The van der Waals surface area contributed by atoms with Crippen LogP contribution in [-0.4, -0.2) is 69.7 Å². The van der Waals surface area contributed by atoms with Gasteiger partial charge in [-0.3, -0.25) is 0 Å². The van der Waals surface area contributed by atoms with E-state index in [1.54, 1.807) is 0 Å². The normalized spacial score (nSPS) is 0. The molecule has 0 rings (SSSR count). The first-order valence-corrected chi connectivity index (χ1v) is 0. The molecule has 0 heterocycles. The molecule has 4 heavy (non-hydrogen) atoms. The molecule has 0 atom stereocenters. The van der Waals surface area contributed by atoms with Crippen LogP contribution in [0.15, 0.2) is 0 Å². The average Bonchev–Trinajstić information content (AvgIpc) is 0. The molecule has 0 bridgehead atoms. The zero-order chi connectivity index (χ0) is 0. The Morgan fingerprint density at radius 2 is 1.00 bits per heavy atom. The minimum absolute atomic E-state index is 0. The Morgan fingerprint density at radius 1 is 1.00 bits per heavy atom. The van der Waals surface area contributed by atoms with Crippen LogP contribution in [0.3, 0.4) is 0 Å². The molecule has 0 N–H and O–H groups in total. The summed E-state index contributed by atoms with van der Waals surface area (Å²) < 4.78 is 0. The summed E-state index contributed by atoms with van der Waals surface area (Å²) >= 11 is 0. The molecule has 22 valence electrons. The molecule has 0 spiro atoms. The van der Waals surface area contributed by atoms with E-state index in [-0.39, 0.29) is 86.7 Å². The fraction of sp³-hybridized carbons (Fsp3) is 0. The van der Waals surface area contributed by atoms with Crippen molar-refractivity contribution in [1.82, 2.24) is 0 Å². The van der Waals surface area contributed by atoms with E-state index in [0.717, 1.165) is 0 Å². The third-order valence-corrected chi connectivity index (χ3v) is 0. The Balaban J connectivity index is 0. The van der Waals surface area contributed by atoms with Gasteiger partial charge in [0.1, 0.15) is 0 Å². The van der Waals surface area contributed by atoms with Crippen LogP contribution in [0.5, 0.6) is 0 Å². The molecule has 0 amide bonds. The molecular weight excluding hydrogens is 460 g/mol. The van der Waals surface area contributed by atoms with E-state index in [1.165, 1.54) is 0 Å². The van der Waals surface area contributed by atoms with Gasteiger partial charge in [0, 0.05) is 86.7 Å². The van der Waals surface area contributed by atoms with E-state index in [1.807, 2.05) is 0 Å². The zero-order valence-electron chi connectivity index (χ0n) is 1.75. The summed E-state index contributed by atoms with van der Waals surface area (Å²) in [5.74, 6) is 0. The van der Waals surface area contributed by atoms with Crippen molar-refractivity contribution in [2.24, 2.45) is 0 Å². The molecule has 0 aromatic carbocycles. The quantitative estimate of drug-likeness (QED) is 0.402. The second kappa shape index (κ2) is 17.0. The monoisotopic (exact) mass is 460 g/mol. The van der Waals surface area contributed by atoms with E-state index in [4.69, 9.17) is 0 Å². The number of rotatable bonds is 0. The topological polar surface area (TPSA) is 0 Å². The van der Waals surface area contributed by atoms with Crippen molar-refractivity contribution in [2.75, 3.05) is 0 Å². The van der Waals surface area contributed by atoms with Crippen LogP contribution in [0.1, 0.15) is 0 Å². The first kappa shape index (κ1) is 29.1. The summed E-state index contributed by atoms with van der Waals surface area (Å²) in [5, 5.41) is 0. The van der Waals surface area contributed by atoms with Crippen molar-refractivity contribution in [2.45, 2.75) is 0 Å². The van der Waals surface area contributed by atoms with Gasteiger partial charge in [-0.2, -0.15) is 0 Å². The fourth-order valence-electron chi connectivity index (χ4n) is 0. The molecule has 0 nitrogen and oxygen atoms in total. The predicted molar refractivity (Wildman–Crippen MR) is 17.3 cm³/mol. The zero-order valence-corrected chi connectivity index (χ0v) is 11.2. The van der Waals surface area contributed by atoms with E-state index in [2.05, 4.69) is 0 Å². The van der Waals surface area contributed by atoms with Gasteiger partial charge in [-0.25, -0.2) is 0 Å². The largest absolute Gasteiger partial charge is 0 e. The van der Waals surface area contributed by atoms with Gasteiger partial charge in [-0.15, -0.1) is 0 Å². The fourth-order valence-corrected chi connectivity index (χ4v) is 0. The van der Waals surface area contributed by atoms with Crippen molar-refractivity contribution >= 4 is 69.7 Å². The van der Waals surface area contributed by atoms with Crippen LogP contribution in [0.25, 0.3) is 0 Å². The maximum absolute atomic E-state index is 0. The molecule has 0 aliphatic rings. The molecule has 4 heteroatoms. The third-order valence-electron chi connectivity index (χ3n) is 0. The Bertz CT molecular complexity index is 8.00. The van der Waals surface area contributed by atoms with Crippen LogP contribution < -0.4 is 0 Å². The van der Waals surface area contributed by atoms with Crippen LogP contribution in [0, 0.1) is 0 Å². The van der Waals surface area contributed by atoms with Crippen molar-refractivity contribution in [3.05, 3.63) is 0 Å². The third kappa shape index (κ3) is 8.84. The van der Waals surface area contributed by atoms with E-state index >= 15 is 0 Å². The molecule has 10 radical (unpaired) electrons. The van der Waals surface area contributed by atoms with Crippen molar-refractivity contribution < 1.29 is 17.1 Å². The van der Waals surface area contributed by atoms with Gasteiger partial charge in [-0.05, 0) is 0 Å². The summed E-state index contributed by atoms with van der Waals surface area (Å²) in [6, 6.07) is 0. The van der Waals surface area contributed by atoms with Gasteiger partial charge < -0.3 is 0 Å². The molecule has 0 aromatic rings. The molecule has 0 fully saturated rings. The van der Waals surface area contributed by atoms with E-state index < -0.39 is 0 Å². The average molecular weight is 460 g/mol. The summed E-state index contributed by atoms with van der Waals surface area (Å²) in [5.41, 5.74) is 0. The second-order valence-corrected chi connectivity index (χ2v) is 0. The minimum atomic E-state index is 0. The molecule has 0 aromatic heterocycles. The standard InChI is InChI=1S/As.Fe.Pb.Sb. The van der Waals surface area contributed by atoms with Crippen LogP contribution in [-0.2, 0) is 17.1 Å². The van der Waals surface area contributed by atoms with Gasteiger partial charge >= 0.3 is 0 Å².